The zero-order valence-corrected chi connectivity index (χ0v) is 4.48. The SMILES string of the molecule is S=CC1=NN=CC1. The Kier molecular flexibility index (Phi) is 1.26. The molecule has 1 aliphatic heterocycles. The minimum atomic E-state index is 0.809. The molecule has 1 rings (SSSR count). The van der Waals surface area contributed by atoms with Gasteiger partial charge in [0.25, 0.3) is 0 Å². The van der Waals surface area contributed by atoms with E-state index in [0.29, 0.717) is 0 Å². The molecule has 0 amide bonds. The monoisotopic (exact) mass is 112 g/mol. The van der Waals surface area contributed by atoms with Gasteiger partial charge in [-0.25, -0.2) is 0 Å². The Morgan fingerprint density at radius 1 is 1.86 bits per heavy atom. The van der Waals surface area contributed by atoms with E-state index in [0.717, 1.165) is 12.1 Å². The summed E-state index contributed by atoms with van der Waals surface area (Å²) >= 11 is 4.58. The van der Waals surface area contributed by atoms with Gasteiger partial charge in [0.1, 0.15) is 0 Å². The molecule has 0 aromatic rings. The van der Waals surface area contributed by atoms with Gasteiger partial charge in [0.05, 0.1) is 5.71 Å². The van der Waals surface area contributed by atoms with E-state index in [2.05, 4.69) is 22.4 Å². The summed E-state index contributed by atoms with van der Waals surface area (Å²) in [5.74, 6) is 0. The van der Waals surface area contributed by atoms with E-state index in [1.165, 1.54) is 0 Å². The lowest BCUT2D eigenvalue weighted by Crippen LogP contribution is -1.91. The standard InChI is InChI=1S/C4H4N2S/c7-3-4-1-2-5-6-4/h2-3H,1H2. The first-order valence-electron chi connectivity index (χ1n) is 1.97. The maximum atomic E-state index is 4.58. The van der Waals surface area contributed by atoms with Crippen LogP contribution in [-0.4, -0.2) is 17.3 Å². The van der Waals surface area contributed by atoms with Gasteiger partial charge in [-0.05, 0) is 0 Å². The molecule has 0 fully saturated rings. The fourth-order valence-corrected chi connectivity index (χ4v) is 0.505. The van der Waals surface area contributed by atoms with Crippen LogP contribution in [0.3, 0.4) is 0 Å². The van der Waals surface area contributed by atoms with Gasteiger partial charge in [-0.3, -0.25) is 0 Å². The largest absolute Gasteiger partial charge is 0.163 e. The summed E-state index contributed by atoms with van der Waals surface area (Å²) in [5.41, 5.74) is 0.884. The van der Waals surface area contributed by atoms with Crippen LogP contribution in [0.5, 0.6) is 0 Å². The Morgan fingerprint density at radius 3 is 3.00 bits per heavy atom. The van der Waals surface area contributed by atoms with Gasteiger partial charge >= 0.3 is 0 Å². The van der Waals surface area contributed by atoms with E-state index in [9.17, 15) is 0 Å². The third kappa shape index (κ3) is 0.899. The Hall–Kier alpha value is -0.570. The van der Waals surface area contributed by atoms with Gasteiger partial charge in [0, 0.05) is 18.0 Å². The first-order valence-corrected chi connectivity index (χ1v) is 2.44. The van der Waals surface area contributed by atoms with Crippen LogP contribution in [-0.2, 0) is 0 Å². The maximum Gasteiger partial charge on any atom is 0.0791 e. The molecule has 0 saturated carbocycles. The average molecular weight is 112 g/mol. The molecular weight excluding hydrogens is 108 g/mol. The Morgan fingerprint density at radius 2 is 2.71 bits per heavy atom. The van der Waals surface area contributed by atoms with Crippen molar-refractivity contribution < 1.29 is 0 Å². The predicted molar refractivity (Wildman–Crippen MR) is 34.2 cm³/mol. The molecule has 0 aromatic heterocycles. The van der Waals surface area contributed by atoms with Crippen LogP contribution in [0.25, 0.3) is 0 Å². The highest BCUT2D eigenvalue weighted by Crippen LogP contribution is 1.90. The molecule has 1 heterocycles. The Balaban J connectivity index is 2.61. The van der Waals surface area contributed by atoms with Gasteiger partial charge in [-0.1, -0.05) is 12.2 Å². The van der Waals surface area contributed by atoms with Crippen molar-refractivity contribution in [2.45, 2.75) is 6.42 Å². The number of rotatable bonds is 1. The van der Waals surface area contributed by atoms with Gasteiger partial charge in [-0.15, -0.1) is 0 Å². The molecule has 0 N–H and O–H groups in total. The summed E-state index contributed by atoms with van der Waals surface area (Å²) in [6, 6.07) is 0. The Bertz CT molecular complexity index is 137. The molecule has 0 aliphatic carbocycles. The number of thiocarbonyl (C=S) groups is 1. The van der Waals surface area contributed by atoms with Crippen molar-refractivity contribution in [2.75, 3.05) is 0 Å². The fourth-order valence-electron chi connectivity index (χ4n) is 0.362. The molecule has 2 nitrogen and oxygen atoms in total. The van der Waals surface area contributed by atoms with Gasteiger partial charge in [0.2, 0.25) is 0 Å². The molecule has 0 aromatic carbocycles. The normalized spacial score (nSPS) is 16.9. The molecule has 0 spiro atoms. The quantitative estimate of drug-likeness (QED) is 0.461. The molecule has 0 saturated heterocycles. The van der Waals surface area contributed by atoms with Crippen molar-refractivity contribution >= 4 is 29.5 Å². The van der Waals surface area contributed by atoms with Crippen molar-refractivity contribution in [1.82, 2.24) is 0 Å². The third-order valence-corrected chi connectivity index (χ3v) is 0.976. The molecule has 0 unspecified atom stereocenters. The first kappa shape index (κ1) is 4.59. The smallest absolute Gasteiger partial charge is 0.0791 e. The van der Waals surface area contributed by atoms with Crippen LogP contribution >= 0.6 is 12.2 Å². The maximum absolute atomic E-state index is 4.58. The predicted octanol–water partition coefficient (Wildman–Crippen LogP) is 0.817. The van der Waals surface area contributed by atoms with Gasteiger partial charge in [0.15, 0.2) is 0 Å². The molecule has 0 radical (unpaired) electrons. The lowest BCUT2D eigenvalue weighted by molar-refractivity contribution is 1.29. The van der Waals surface area contributed by atoms with Crippen molar-refractivity contribution in [1.29, 1.82) is 0 Å². The average Bonchev–Trinajstić information content (AvgIpc) is 2.14. The second kappa shape index (κ2) is 1.93. The van der Waals surface area contributed by atoms with Crippen molar-refractivity contribution in [2.24, 2.45) is 10.2 Å². The molecule has 7 heavy (non-hydrogen) atoms. The summed E-state index contributed by atoms with van der Waals surface area (Å²) in [6.07, 6.45) is 2.54. The van der Waals surface area contributed by atoms with Crippen molar-refractivity contribution in [3.05, 3.63) is 0 Å². The fraction of sp³-hybridized carbons (Fsp3) is 0.250. The molecule has 1 aliphatic rings. The van der Waals surface area contributed by atoms with Gasteiger partial charge < -0.3 is 0 Å². The first-order chi connectivity index (χ1) is 3.43. The molecule has 36 valence electrons. The van der Waals surface area contributed by atoms with Crippen LogP contribution in [0.1, 0.15) is 6.42 Å². The highest BCUT2D eigenvalue weighted by molar-refractivity contribution is 7.80. The zero-order chi connectivity index (χ0) is 5.11. The van der Waals surface area contributed by atoms with E-state index < -0.39 is 0 Å². The number of nitrogens with zero attached hydrogens (tertiary/aromatic N) is 2. The molecule has 3 heteroatoms. The minimum absolute atomic E-state index is 0.809. The number of hydrogen-bond acceptors (Lipinski definition) is 3. The summed E-state index contributed by atoms with van der Waals surface area (Å²) in [6.45, 7) is 0. The van der Waals surface area contributed by atoms with Crippen molar-refractivity contribution in [3.63, 3.8) is 0 Å². The van der Waals surface area contributed by atoms with Gasteiger partial charge in [-0.2, -0.15) is 10.2 Å². The van der Waals surface area contributed by atoms with Crippen LogP contribution in [0.15, 0.2) is 10.2 Å². The lowest BCUT2D eigenvalue weighted by Gasteiger charge is -1.75. The van der Waals surface area contributed by atoms with E-state index in [1.807, 2.05) is 0 Å². The zero-order valence-electron chi connectivity index (χ0n) is 3.66. The summed E-state index contributed by atoms with van der Waals surface area (Å²) in [5, 5.41) is 8.83. The summed E-state index contributed by atoms with van der Waals surface area (Å²) in [4.78, 5) is 0. The number of hydrogen-bond donors (Lipinski definition) is 0. The summed E-state index contributed by atoms with van der Waals surface area (Å²) in [7, 11) is 0. The highest BCUT2D eigenvalue weighted by atomic mass is 32.1. The Labute approximate surface area is 46.9 Å². The highest BCUT2D eigenvalue weighted by Gasteiger charge is 1.94. The van der Waals surface area contributed by atoms with E-state index in [-0.39, 0.29) is 0 Å². The molecular formula is C4H4N2S. The molecule has 0 bridgehead atoms. The topological polar surface area (TPSA) is 24.7 Å². The van der Waals surface area contributed by atoms with Crippen molar-refractivity contribution in [3.8, 4) is 0 Å². The lowest BCUT2D eigenvalue weighted by atomic mass is 10.3. The molecule has 0 atom stereocenters. The van der Waals surface area contributed by atoms with Crippen LogP contribution in [0.4, 0.5) is 0 Å². The van der Waals surface area contributed by atoms with E-state index >= 15 is 0 Å². The second-order valence-corrected chi connectivity index (χ2v) is 1.45. The van der Waals surface area contributed by atoms with Crippen LogP contribution in [0.2, 0.25) is 0 Å². The summed E-state index contributed by atoms with van der Waals surface area (Å²) < 4.78 is 0. The van der Waals surface area contributed by atoms with Crippen LogP contribution < -0.4 is 0 Å². The van der Waals surface area contributed by atoms with Crippen LogP contribution in [0, 0.1) is 0 Å². The van der Waals surface area contributed by atoms with E-state index in [1.54, 1.807) is 11.6 Å². The minimum Gasteiger partial charge on any atom is -0.163 e. The third-order valence-electron chi connectivity index (χ3n) is 0.704. The second-order valence-electron chi connectivity index (χ2n) is 1.21. The van der Waals surface area contributed by atoms with E-state index in [4.69, 9.17) is 0 Å².